The molecule has 1 saturated carbocycles. The molecule has 21 heavy (non-hydrogen) atoms. The molecule has 0 saturated heterocycles. The number of aliphatic hydroxyl groups excluding tert-OH is 1. The summed E-state index contributed by atoms with van der Waals surface area (Å²) >= 11 is 0. The molecule has 1 heterocycles. The van der Waals surface area contributed by atoms with Crippen molar-refractivity contribution >= 4 is 17.0 Å². The second-order valence-corrected chi connectivity index (χ2v) is 6.12. The largest absolute Gasteiger partial charge is 0.478 e. The molecule has 0 bridgehead atoms. The summed E-state index contributed by atoms with van der Waals surface area (Å²) in [5.41, 5.74) is 1.83. The van der Waals surface area contributed by atoms with Crippen LogP contribution in [0.2, 0.25) is 0 Å². The van der Waals surface area contributed by atoms with Crippen molar-refractivity contribution in [2.75, 3.05) is 6.61 Å². The normalized spacial score (nSPS) is 17.4. The quantitative estimate of drug-likeness (QED) is 0.906. The van der Waals surface area contributed by atoms with Gasteiger partial charge in [-0.25, -0.2) is 9.78 Å². The molecule has 5 heteroatoms. The number of aliphatic hydroxyl groups is 1. The molecule has 2 aromatic rings. The summed E-state index contributed by atoms with van der Waals surface area (Å²) in [6, 6.07) is 5.01. The SMILES string of the molecule is Cc1nc2ccc(C(=O)O)cc2n1CC1(CO)CCCC1. The second-order valence-electron chi connectivity index (χ2n) is 6.12. The third-order valence-electron chi connectivity index (χ3n) is 4.68. The molecule has 3 rings (SSSR count). The fourth-order valence-corrected chi connectivity index (χ4v) is 3.40. The smallest absolute Gasteiger partial charge is 0.335 e. The fraction of sp³-hybridized carbons (Fsp3) is 0.500. The van der Waals surface area contributed by atoms with Crippen molar-refractivity contribution in [2.45, 2.75) is 39.2 Å². The molecule has 0 unspecified atom stereocenters. The van der Waals surface area contributed by atoms with Crippen LogP contribution >= 0.6 is 0 Å². The Morgan fingerprint density at radius 1 is 1.38 bits per heavy atom. The van der Waals surface area contributed by atoms with E-state index < -0.39 is 5.97 Å². The van der Waals surface area contributed by atoms with Crippen LogP contribution in [-0.2, 0) is 6.54 Å². The first-order valence-electron chi connectivity index (χ1n) is 7.36. The average Bonchev–Trinajstić information content (AvgIpc) is 3.05. The van der Waals surface area contributed by atoms with Crippen LogP contribution in [0.3, 0.4) is 0 Å². The van der Waals surface area contributed by atoms with Crippen molar-refractivity contribution in [3.8, 4) is 0 Å². The Labute approximate surface area is 123 Å². The highest BCUT2D eigenvalue weighted by Crippen LogP contribution is 2.40. The van der Waals surface area contributed by atoms with Gasteiger partial charge in [0.1, 0.15) is 5.82 Å². The molecule has 0 radical (unpaired) electrons. The minimum atomic E-state index is -0.931. The number of benzene rings is 1. The number of nitrogens with zero attached hydrogens (tertiary/aromatic N) is 2. The number of carboxylic acid groups (broad SMARTS) is 1. The highest BCUT2D eigenvalue weighted by Gasteiger charge is 2.34. The van der Waals surface area contributed by atoms with Crippen LogP contribution in [0.25, 0.3) is 11.0 Å². The van der Waals surface area contributed by atoms with E-state index in [0.29, 0.717) is 6.54 Å². The summed E-state index contributed by atoms with van der Waals surface area (Å²) in [5, 5.41) is 18.9. The van der Waals surface area contributed by atoms with Gasteiger partial charge in [-0.2, -0.15) is 0 Å². The maximum absolute atomic E-state index is 11.2. The van der Waals surface area contributed by atoms with Gasteiger partial charge in [0.05, 0.1) is 23.2 Å². The second kappa shape index (κ2) is 5.15. The number of carboxylic acids is 1. The van der Waals surface area contributed by atoms with Gasteiger partial charge in [-0.1, -0.05) is 12.8 Å². The van der Waals surface area contributed by atoms with Gasteiger partial charge in [0.25, 0.3) is 0 Å². The van der Waals surface area contributed by atoms with E-state index in [9.17, 15) is 9.90 Å². The number of imidazole rings is 1. The summed E-state index contributed by atoms with van der Waals surface area (Å²) in [6.45, 7) is 2.81. The van der Waals surface area contributed by atoms with Crippen LogP contribution in [0.5, 0.6) is 0 Å². The van der Waals surface area contributed by atoms with Gasteiger partial charge in [0.2, 0.25) is 0 Å². The molecule has 0 spiro atoms. The molecular formula is C16H20N2O3. The molecule has 0 amide bonds. The van der Waals surface area contributed by atoms with Crippen LogP contribution in [0.1, 0.15) is 41.9 Å². The third kappa shape index (κ3) is 2.42. The number of aromatic nitrogens is 2. The predicted molar refractivity (Wildman–Crippen MR) is 79.4 cm³/mol. The van der Waals surface area contributed by atoms with Crippen molar-refractivity contribution in [1.82, 2.24) is 9.55 Å². The van der Waals surface area contributed by atoms with Crippen molar-refractivity contribution < 1.29 is 15.0 Å². The van der Waals surface area contributed by atoms with E-state index in [1.807, 2.05) is 6.92 Å². The van der Waals surface area contributed by atoms with Crippen molar-refractivity contribution in [2.24, 2.45) is 5.41 Å². The minimum absolute atomic E-state index is 0.0857. The summed E-state index contributed by atoms with van der Waals surface area (Å²) in [6.07, 6.45) is 4.32. The lowest BCUT2D eigenvalue weighted by Crippen LogP contribution is -2.28. The summed E-state index contributed by atoms with van der Waals surface area (Å²) in [7, 11) is 0. The molecule has 5 nitrogen and oxygen atoms in total. The maximum atomic E-state index is 11.2. The average molecular weight is 288 g/mol. The number of aryl methyl sites for hydroxylation is 1. The lowest BCUT2D eigenvalue weighted by atomic mass is 9.87. The number of fused-ring (bicyclic) bond motifs is 1. The van der Waals surface area contributed by atoms with Gasteiger partial charge in [0.15, 0.2) is 0 Å². The van der Waals surface area contributed by atoms with Gasteiger partial charge in [-0.15, -0.1) is 0 Å². The van der Waals surface area contributed by atoms with Crippen molar-refractivity contribution in [3.05, 3.63) is 29.6 Å². The van der Waals surface area contributed by atoms with Crippen LogP contribution in [0.4, 0.5) is 0 Å². The molecule has 0 atom stereocenters. The molecule has 112 valence electrons. The number of hydrogen-bond acceptors (Lipinski definition) is 3. The summed E-state index contributed by atoms with van der Waals surface area (Å²) in [4.78, 5) is 15.7. The fourth-order valence-electron chi connectivity index (χ4n) is 3.40. The Kier molecular flexibility index (Phi) is 3.45. The van der Waals surface area contributed by atoms with Crippen LogP contribution in [0, 0.1) is 12.3 Å². The molecule has 1 aliphatic rings. The number of rotatable bonds is 4. The van der Waals surface area contributed by atoms with E-state index in [0.717, 1.165) is 42.5 Å². The van der Waals surface area contributed by atoms with Gasteiger partial charge >= 0.3 is 5.97 Å². The van der Waals surface area contributed by atoms with E-state index in [2.05, 4.69) is 9.55 Å². The lowest BCUT2D eigenvalue weighted by molar-refractivity contribution is 0.0697. The van der Waals surface area contributed by atoms with E-state index in [1.54, 1.807) is 18.2 Å². The van der Waals surface area contributed by atoms with Crippen molar-refractivity contribution in [3.63, 3.8) is 0 Å². The zero-order valence-corrected chi connectivity index (χ0v) is 12.2. The standard InChI is InChI=1S/C16H20N2O3/c1-11-17-13-5-4-12(15(20)21)8-14(13)18(11)9-16(10-19)6-2-3-7-16/h4-5,8,19H,2-3,6-7,9-10H2,1H3,(H,20,21). The molecule has 0 aliphatic heterocycles. The topological polar surface area (TPSA) is 75.3 Å². The minimum Gasteiger partial charge on any atom is -0.478 e. The van der Waals surface area contributed by atoms with Crippen LogP contribution in [-0.4, -0.2) is 32.3 Å². The van der Waals surface area contributed by atoms with Crippen molar-refractivity contribution in [1.29, 1.82) is 0 Å². The van der Waals surface area contributed by atoms with Gasteiger partial charge < -0.3 is 14.8 Å². The molecule has 1 aliphatic carbocycles. The van der Waals surface area contributed by atoms with E-state index in [1.165, 1.54) is 0 Å². The van der Waals surface area contributed by atoms with Crippen LogP contribution in [0.15, 0.2) is 18.2 Å². The first kappa shape index (κ1) is 14.1. The predicted octanol–water partition coefficient (Wildman–Crippen LogP) is 2.60. The molecular weight excluding hydrogens is 268 g/mol. The lowest BCUT2D eigenvalue weighted by Gasteiger charge is -2.27. The Bertz CT molecular complexity index is 684. The first-order chi connectivity index (χ1) is 10.0. The Balaban J connectivity index is 2.06. The van der Waals surface area contributed by atoms with Gasteiger partial charge in [0, 0.05) is 12.0 Å². The van der Waals surface area contributed by atoms with Gasteiger partial charge in [-0.3, -0.25) is 0 Å². The van der Waals surface area contributed by atoms with E-state index in [-0.39, 0.29) is 17.6 Å². The maximum Gasteiger partial charge on any atom is 0.335 e. The Morgan fingerprint density at radius 2 is 2.10 bits per heavy atom. The zero-order valence-electron chi connectivity index (χ0n) is 12.2. The third-order valence-corrected chi connectivity index (χ3v) is 4.68. The zero-order chi connectivity index (χ0) is 15.0. The summed E-state index contributed by atoms with van der Waals surface area (Å²) < 4.78 is 2.06. The Morgan fingerprint density at radius 3 is 2.71 bits per heavy atom. The number of aromatic carboxylic acids is 1. The monoisotopic (exact) mass is 288 g/mol. The highest BCUT2D eigenvalue weighted by atomic mass is 16.4. The number of carbonyl (C=O) groups is 1. The van der Waals surface area contributed by atoms with E-state index in [4.69, 9.17) is 5.11 Å². The molecule has 2 N–H and O–H groups in total. The first-order valence-corrected chi connectivity index (χ1v) is 7.36. The van der Waals surface area contributed by atoms with Gasteiger partial charge in [-0.05, 0) is 38.0 Å². The Hall–Kier alpha value is -1.88. The number of hydrogen-bond donors (Lipinski definition) is 2. The molecule has 1 aromatic carbocycles. The molecule has 1 aromatic heterocycles. The van der Waals surface area contributed by atoms with Crippen LogP contribution < -0.4 is 0 Å². The molecule has 1 fully saturated rings. The highest BCUT2D eigenvalue weighted by molar-refractivity contribution is 5.92. The van der Waals surface area contributed by atoms with E-state index >= 15 is 0 Å². The summed E-state index contributed by atoms with van der Waals surface area (Å²) in [5.74, 6) is -0.0627.